The number of para-hydroxylation sites is 1. The first-order valence-electron chi connectivity index (χ1n) is 7.27. The van der Waals surface area contributed by atoms with Gasteiger partial charge in [-0.1, -0.05) is 17.4 Å². The molecular formula is C16H17BrN4OS. The molecule has 0 spiro atoms. The molecule has 0 saturated carbocycles. The summed E-state index contributed by atoms with van der Waals surface area (Å²) in [5.41, 5.74) is 2.38. The molecule has 120 valence electrons. The van der Waals surface area contributed by atoms with Crippen molar-refractivity contribution in [1.82, 2.24) is 14.3 Å². The molecule has 0 bridgehead atoms. The zero-order chi connectivity index (χ0) is 16.7. The summed E-state index contributed by atoms with van der Waals surface area (Å²) in [6.07, 6.45) is 0. The minimum absolute atomic E-state index is 0.114. The summed E-state index contributed by atoms with van der Waals surface area (Å²) in [5, 5.41) is 4.38. The van der Waals surface area contributed by atoms with Crippen molar-refractivity contribution in [2.24, 2.45) is 12.0 Å². The maximum Gasteiger partial charge on any atom is 0.297 e. The lowest BCUT2D eigenvalue weighted by atomic mass is 10.3. The van der Waals surface area contributed by atoms with Crippen LogP contribution in [0.25, 0.3) is 10.2 Å². The third-order valence-corrected chi connectivity index (χ3v) is 5.27. The van der Waals surface area contributed by atoms with Crippen LogP contribution in [0.4, 0.5) is 0 Å². The fourth-order valence-corrected chi connectivity index (χ4v) is 4.28. The highest BCUT2D eigenvalue weighted by molar-refractivity contribution is 9.10. The van der Waals surface area contributed by atoms with Gasteiger partial charge in [0.05, 0.1) is 15.9 Å². The van der Waals surface area contributed by atoms with E-state index >= 15 is 0 Å². The lowest BCUT2D eigenvalue weighted by Gasteiger charge is -2.07. The van der Waals surface area contributed by atoms with Gasteiger partial charge in [-0.15, -0.1) is 0 Å². The number of nitrogens with zero attached hydrogens (tertiary/aromatic N) is 4. The second kappa shape index (κ2) is 6.05. The van der Waals surface area contributed by atoms with E-state index in [9.17, 15) is 4.79 Å². The maximum atomic E-state index is 12.6. The maximum absolute atomic E-state index is 12.6. The predicted octanol–water partition coefficient (Wildman–Crippen LogP) is 3.83. The van der Waals surface area contributed by atoms with E-state index in [1.54, 1.807) is 10.7 Å². The molecule has 0 fully saturated rings. The van der Waals surface area contributed by atoms with Gasteiger partial charge in [-0.2, -0.15) is 10.1 Å². The molecule has 2 aromatic heterocycles. The highest BCUT2D eigenvalue weighted by atomic mass is 79.9. The molecule has 1 amide bonds. The average molecular weight is 393 g/mol. The fourth-order valence-electron chi connectivity index (χ4n) is 2.48. The van der Waals surface area contributed by atoms with E-state index in [2.05, 4.69) is 26.0 Å². The van der Waals surface area contributed by atoms with Crippen molar-refractivity contribution >= 4 is 43.4 Å². The van der Waals surface area contributed by atoms with Gasteiger partial charge in [0.2, 0.25) is 0 Å². The van der Waals surface area contributed by atoms with E-state index in [1.807, 2.05) is 50.6 Å². The standard InChI is InChI=1S/C16H17BrN4OS/c1-9(2)21-12(8-10(3)19-21)15(22)18-16-20(4)14-11(17)6-5-7-13(14)23-16/h5-9H,1-4H3. The predicted molar refractivity (Wildman–Crippen MR) is 95.7 cm³/mol. The number of thiazole rings is 1. The molecule has 3 aromatic rings. The van der Waals surface area contributed by atoms with Gasteiger partial charge >= 0.3 is 0 Å². The summed E-state index contributed by atoms with van der Waals surface area (Å²) in [4.78, 5) is 17.6. The third kappa shape index (κ3) is 2.90. The summed E-state index contributed by atoms with van der Waals surface area (Å²) >= 11 is 5.05. The van der Waals surface area contributed by atoms with Crippen molar-refractivity contribution in [3.8, 4) is 0 Å². The van der Waals surface area contributed by atoms with Crippen LogP contribution in [0.5, 0.6) is 0 Å². The number of rotatable bonds is 2. The third-order valence-electron chi connectivity index (χ3n) is 3.54. The van der Waals surface area contributed by atoms with Crippen LogP contribution >= 0.6 is 27.3 Å². The summed E-state index contributed by atoms with van der Waals surface area (Å²) in [6, 6.07) is 7.89. The molecule has 23 heavy (non-hydrogen) atoms. The first-order valence-corrected chi connectivity index (χ1v) is 8.88. The average Bonchev–Trinajstić information content (AvgIpc) is 3.01. The SMILES string of the molecule is Cc1cc(C(=O)N=c2sc3cccc(Br)c3n2C)n(C(C)C)n1. The molecule has 0 aliphatic carbocycles. The quantitative estimate of drug-likeness (QED) is 0.665. The normalized spacial score (nSPS) is 12.5. The van der Waals surface area contributed by atoms with Gasteiger partial charge in [-0.3, -0.25) is 9.48 Å². The van der Waals surface area contributed by atoms with E-state index in [1.165, 1.54) is 11.3 Å². The topological polar surface area (TPSA) is 52.2 Å². The van der Waals surface area contributed by atoms with Gasteiger partial charge in [0.25, 0.3) is 5.91 Å². The van der Waals surface area contributed by atoms with Crippen molar-refractivity contribution in [1.29, 1.82) is 0 Å². The van der Waals surface area contributed by atoms with Crippen LogP contribution in [0.3, 0.4) is 0 Å². The monoisotopic (exact) mass is 392 g/mol. The Balaban J connectivity index is 2.14. The number of hydrogen-bond donors (Lipinski definition) is 0. The summed E-state index contributed by atoms with van der Waals surface area (Å²) in [5.74, 6) is -0.266. The number of carbonyl (C=O) groups excluding carboxylic acids is 1. The minimum Gasteiger partial charge on any atom is -0.318 e. The number of halogens is 1. The van der Waals surface area contributed by atoms with E-state index in [-0.39, 0.29) is 11.9 Å². The molecule has 2 heterocycles. The fraction of sp³-hybridized carbons (Fsp3) is 0.312. The molecule has 0 N–H and O–H groups in total. The minimum atomic E-state index is -0.266. The Bertz CT molecular complexity index is 964. The first kappa shape index (κ1) is 16.1. The molecule has 5 nitrogen and oxygen atoms in total. The molecular weight excluding hydrogens is 376 g/mol. The van der Waals surface area contributed by atoms with Gasteiger partial charge in [0, 0.05) is 17.6 Å². The summed E-state index contributed by atoms with van der Waals surface area (Å²) < 4.78 is 5.74. The number of carbonyl (C=O) groups is 1. The van der Waals surface area contributed by atoms with Crippen molar-refractivity contribution < 1.29 is 4.79 Å². The number of aromatic nitrogens is 3. The molecule has 0 aliphatic rings. The molecule has 0 atom stereocenters. The zero-order valence-corrected chi connectivity index (χ0v) is 15.8. The molecule has 0 aliphatic heterocycles. The van der Waals surface area contributed by atoms with Gasteiger partial charge in [-0.25, -0.2) is 0 Å². The molecule has 0 unspecified atom stereocenters. The summed E-state index contributed by atoms with van der Waals surface area (Å²) in [6.45, 7) is 5.88. The van der Waals surface area contributed by atoms with Crippen LogP contribution in [0.1, 0.15) is 36.1 Å². The highest BCUT2D eigenvalue weighted by Gasteiger charge is 2.16. The van der Waals surface area contributed by atoms with Crippen LogP contribution in [0, 0.1) is 6.92 Å². The van der Waals surface area contributed by atoms with Gasteiger partial charge in [-0.05, 0) is 54.9 Å². The number of benzene rings is 1. The Hall–Kier alpha value is -1.73. The van der Waals surface area contributed by atoms with Gasteiger partial charge in [0.1, 0.15) is 5.69 Å². The molecule has 0 radical (unpaired) electrons. The highest BCUT2D eigenvalue weighted by Crippen LogP contribution is 2.25. The Kier molecular flexibility index (Phi) is 4.25. The second-order valence-corrected chi connectivity index (χ2v) is 7.52. The Labute approximate surface area is 146 Å². The van der Waals surface area contributed by atoms with Gasteiger partial charge in [0.15, 0.2) is 4.80 Å². The van der Waals surface area contributed by atoms with Crippen molar-refractivity contribution in [2.45, 2.75) is 26.8 Å². The first-order chi connectivity index (χ1) is 10.9. The number of hydrogen-bond acceptors (Lipinski definition) is 3. The number of aryl methyl sites for hydroxylation is 2. The molecule has 7 heteroatoms. The number of fused-ring (bicyclic) bond motifs is 1. The van der Waals surface area contributed by atoms with Crippen molar-refractivity contribution in [2.75, 3.05) is 0 Å². The van der Waals surface area contributed by atoms with Gasteiger partial charge < -0.3 is 4.57 Å². The van der Waals surface area contributed by atoms with Crippen LogP contribution in [-0.4, -0.2) is 20.3 Å². The molecule has 3 rings (SSSR count). The largest absolute Gasteiger partial charge is 0.318 e. The van der Waals surface area contributed by atoms with E-state index < -0.39 is 0 Å². The van der Waals surface area contributed by atoms with Crippen molar-refractivity contribution in [3.63, 3.8) is 0 Å². The molecule has 0 saturated heterocycles. The van der Waals surface area contributed by atoms with Crippen LogP contribution in [-0.2, 0) is 7.05 Å². The zero-order valence-electron chi connectivity index (χ0n) is 13.4. The number of amides is 1. The lowest BCUT2D eigenvalue weighted by molar-refractivity contribution is 0.0986. The van der Waals surface area contributed by atoms with Crippen LogP contribution < -0.4 is 4.80 Å². The van der Waals surface area contributed by atoms with Crippen LogP contribution in [0.2, 0.25) is 0 Å². The smallest absolute Gasteiger partial charge is 0.297 e. The Morgan fingerprint density at radius 2 is 2.13 bits per heavy atom. The molecule has 1 aromatic carbocycles. The van der Waals surface area contributed by atoms with E-state index in [0.717, 1.165) is 20.4 Å². The Morgan fingerprint density at radius 1 is 1.39 bits per heavy atom. The lowest BCUT2D eigenvalue weighted by Crippen LogP contribution is -2.16. The van der Waals surface area contributed by atoms with E-state index in [0.29, 0.717) is 10.5 Å². The van der Waals surface area contributed by atoms with Crippen molar-refractivity contribution in [3.05, 3.63) is 44.9 Å². The van der Waals surface area contributed by atoms with Crippen LogP contribution in [0.15, 0.2) is 33.7 Å². The summed E-state index contributed by atoms with van der Waals surface area (Å²) in [7, 11) is 1.92. The Morgan fingerprint density at radius 3 is 2.78 bits per heavy atom. The van der Waals surface area contributed by atoms with E-state index in [4.69, 9.17) is 0 Å². The second-order valence-electron chi connectivity index (χ2n) is 5.66.